The van der Waals surface area contributed by atoms with Gasteiger partial charge in [-0.25, -0.2) is 15.8 Å². The van der Waals surface area contributed by atoms with Gasteiger partial charge in [-0.2, -0.15) is 0 Å². The maximum Gasteiger partial charge on any atom is 0.140 e. The maximum atomic E-state index is 5.71. The van der Waals surface area contributed by atoms with Gasteiger partial charge < -0.3 is 5.43 Å². The Morgan fingerprint density at radius 3 is 2.54 bits per heavy atom. The highest BCUT2D eigenvalue weighted by atomic mass is 35.5. The van der Waals surface area contributed by atoms with Crippen molar-refractivity contribution in [3.8, 4) is 0 Å². The van der Waals surface area contributed by atoms with Crippen LogP contribution in [0.2, 0.25) is 5.15 Å². The van der Waals surface area contributed by atoms with E-state index in [0.717, 1.165) is 11.0 Å². The molecule has 5 heteroatoms. The molecule has 0 fully saturated rings. The predicted molar refractivity (Wildman–Crippen MR) is 52.4 cm³/mol. The average molecular weight is 195 g/mol. The summed E-state index contributed by atoms with van der Waals surface area (Å²) in [5.74, 6) is 5.82. The fraction of sp³-hybridized carbons (Fsp3) is 0. The summed E-state index contributed by atoms with van der Waals surface area (Å²) in [7, 11) is 0. The zero-order valence-electron chi connectivity index (χ0n) is 6.66. The van der Waals surface area contributed by atoms with Crippen molar-refractivity contribution in [2.75, 3.05) is 5.43 Å². The fourth-order valence-corrected chi connectivity index (χ4v) is 1.22. The molecule has 2 heterocycles. The number of nitrogens with two attached hydrogens (primary N) is 1. The highest BCUT2D eigenvalue weighted by Gasteiger charge is 1.98. The number of hydrazine groups is 1. The van der Waals surface area contributed by atoms with Crippen LogP contribution in [0.25, 0.3) is 11.0 Å². The second-order valence-electron chi connectivity index (χ2n) is 2.51. The molecule has 66 valence electrons. The van der Waals surface area contributed by atoms with Crippen LogP contribution in [0, 0.1) is 0 Å². The summed E-state index contributed by atoms with van der Waals surface area (Å²) in [6.07, 6.45) is 0. The summed E-state index contributed by atoms with van der Waals surface area (Å²) in [4.78, 5) is 8.26. The van der Waals surface area contributed by atoms with E-state index in [9.17, 15) is 0 Å². The van der Waals surface area contributed by atoms with Crippen molar-refractivity contribution in [3.05, 3.63) is 29.4 Å². The lowest BCUT2D eigenvalue weighted by molar-refractivity contribution is 1.25. The molecule has 13 heavy (non-hydrogen) atoms. The molecule has 0 aliphatic heterocycles. The second-order valence-corrected chi connectivity index (χ2v) is 2.90. The van der Waals surface area contributed by atoms with E-state index in [1.54, 1.807) is 18.2 Å². The molecule has 4 nitrogen and oxygen atoms in total. The Labute approximate surface area is 79.7 Å². The lowest BCUT2D eigenvalue weighted by atomic mass is 10.3. The number of fused-ring (bicyclic) bond motifs is 1. The van der Waals surface area contributed by atoms with Crippen LogP contribution in [-0.2, 0) is 0 Å². The first-order valence-corrected chi connectivity index (χ1v) is 4.07. The predicted octanol–water partition coefficient (Wildman–Crippen LogP) is 1.57. The minimum absolute atomic E-state index is 0.461. The van der Waals surface area contributed by atoms with Crippen molar-refractivity contribution in [1.29, 1.82) is 0 Å². The molecule has 0 aliphatic carbocycles. The number of aromatic nitrogens is 2. The molecular weight excluding hydrogens is 188 g/mol. The Balaban J connectivity index is 2.66. The maximum absolute atomic E-state index is 5.71. The number of anilines is 1. The molecule has 2 aromatic rings. The summed E-state index contributed by atoms with van der Waals surface area (Å²) >= 11 is 5.71. The third-order valence-corrected chi connectivity index (χ3v) is 1.87. The second kappa shape index (κ2) is 3.16. The van der Waals surface area contributed by atoms with Crippen molar-refractivity contribution in [1.82, 2.24) is 9.97 Å². The molecule has 3 N–H and O–H groups in total. The van der Waals surface area contributed by atoms with E-state index in [-0.39, 0.29) is 0 Å². The minimum atomic E-state index is 0.461. The normalized spacial score (nSPS) is 10.3. The quantitative estimate of drug-likeness (QED) is 0.411. The number of pyridine rings is 2. The fourth-order valence-electron chi connectivity index (χ4n) is 1.07. The lowest BCUT2D eigenvalue weighted by Gasteiger charge is -2.00. The number of rotatable bonds is 1. The van der Waals surface area contributed by atoms with Gasteiger partial charge in [-0.3, -0.25) is 0 Å². The molecular formula is C8H7ClN4. The van der Waals surface area contributed by atoms with Gasteiger partial charge in [0, 0.05) is 0 Å². The van der Waals surface area contributed by atoms with Crippen LogP contribution in [0.5, 0.6) is 0 Å². The molecule has 2 aromatic heterocycles. The van der Waals surface area contributed by atoms with E-state index >= 15 is 0 Å². The van der Waals surface area contributed by atoms with E-state index < -0.39 is 0 Å². The molecule has 0 saturated heterocycles. The first-order valence-electron chi connectivity index (χ1n) is 3.69. The first-order chi connectivity index (χ1) is 6.29. The Morgan fingerprint density at radius 2 is 1.77 bits per heavy atom. The largest absolute Gasteiger partial charge is 0.308 e. The Bertz CT molecular complexity index is 443. The van der Waals surface area contributed by atoms with E-state index in [2.05, 4.69) is 15.4 Å². The number of hydrogen-bond donors (Lipinski definition) is 2. The molecule has 2 rings (SSSR count). The number of nitrogens with one attached hydrogen (secondary N) is 1. The van der Waals surface area contributed by atoms with Gasteiger partial charge in [0.1, 0.15) is 11.0 Å². The summed E-state index contributed by atoms with van der Waals surface area (Å²) in [6, 6.07) is 7.04. The van der Waals surface area contributed by atoms with E-state index in [0.29, 0.717) is 11.0 Å². The van der Waals surface area contributed by atoms with Crippen molar-refractivity contribution in [3.63, 3.8) is 0 Å². The van der Waals surface area contributed by atoms with Crippen molar-refractivity contribution in [2.24, 2.45) is 5.84 Å². The molecule has 0 radical (unpaired) electrons. The minimum Gasteiger partial charge on any atom is -0.308 e. The SMILES string of the molecule is NNc1ccc2nc(Cl)ccc2n1. The van der Waals surface area contributed by atoms with Crippen LogP contribution in [0.1, 0.15) is 0 Å². The first kappa shape index (κ1) is 8.22. The molecule has 0 atom stereocenters. The summed E-state index contributed by atoms with van der Waals surface area (Å²) in [5.41, 5.74) is 3.98. The lowest BCUT2D eigenvalue weighted by Crippen LogP contribution is -2.08. The smallest absolute Gasteiger partial charge is 0.140 e. The molecule has 0 bridgehead atoms. The Hall–Kier alpha value is -1.39. The highest BCUT2D eigenvalue weighted by molar-refractivity contribution is 6.29. The van der Waals surface area contributed by atoms with E-state index in [1.807, 2.05) is 6.07 Å². The number of nitrogens with zero attached hydrogens (tertiary/aromatic N) is 2. The van der Waals surface area contributed by atoms with Gasteiger partial charge in [-0.1, -0.05) is 11.6 Å². The van der Waals surface area contributed by atoms with Gasteiger partial charge in [0.05, 0.1) is 11.0 Å². The third kappa shape index (κ3) is 1.54. The van der Waals surface area contributed by atoms with Crippen LogP contribution in [0.3, 0.4) is 0 Å². The zero-order chi connectivity index (χ0) is 9.26. The number of nitrogen functional groups attached to an aromatic ring is 1. The van der Waals surface area contributed by atoms with Crippen LogP contribution in [-0.4, -0.2) is 9.97 Å². The van der Waals surface area contributed by atoms with Gasteiger partial charge >= 0.3 is 0 Å². The summed E-state index contributed by atoms with van der Waals surface area (Å²) in [5, 5.41) is 0.461. The van der Waals surface area contributed by atoms with Crippen LogP contribution in [0.4, 0.5) is 5.82 Å². The molecule has 0 saturated carbocycles. The van der Waals surface area contributed by atoms with Crippen molar-refractivity contribution in [2.45, 2.75) is 0 Å². The van der Waals surface area contributed by atoms with Crippen LogP contribution in [0.15, 0.2) is 24.3 Å². The topological polar surface area (TPSA) is 63.8 Å². The van der Waals surface area contributed by atoms with Gasteiger partial charge in [-0.05, 0) is 24.3 Å². The summed E-state index contributed by atoms with van der Waals surface area (Å²) in [6.45, 7) is 0. The molecule has 0 aromatic carbocycles. The molecule has 0 amide bonds. The van der Waals surface area contributed by atoms with Crippen molar-refractivity contribution >= 4 is 28.5 Å². The van der Waals surface area contributed by atoms with Crippen LogP contribution < -0.4 is 11.3 Å². The summed E-state index contributed by atoms with van der Waals surface area (Å²) < 4.78 is 0. The number of hydrogen-bond acceptors (Lipinski definition) is 4. The number of halogens is 1. The monoisotopic (exact) mass is 194 g/mol. The van der Waals surface area contributed by atoms with E-state index in [1.165, 1.54) is 0 Å². The van der Waals surface area contributed by atoms with Gasteiger partial charge in [0.25, 0.3) is 0 Å². The van der Waals surface area contributed by atoms with Gasteiger partial charge in [-0.15, -0.1) is 0 Å². The average Bonchev–Trinajstić information content (AvgIpc) is 2.17. The molecule has 0 aliphatic rings. The zero-order valence-corrected chi connectivity index (χ0v) is 7.42. The highest BCUT2D eigenvalue weighted by Crippen LogP contribution is 2.15. The van der Waals surface area contributed by atoms with Crippen molar-refractivity contribution < 1.29 is 0 Å². The third-order valence-electron chi connectivity index (χ3n) is 1.66. The Kier molecular flexibility index (Phi) is 2.00. The van der Waals surface area contributed by atoms with E-state index in [4.69, 9.17) is 17.4 Å². The Morgan fingerprint density at radius 1 is 1.08 bits per heavy atom. The van der Waals surface area contributed by atoms with Gasteiger partial charge in [0.2, 0.25) is 0 Å². The van der Waals surface area contributed by atoms with Gasteiger partial charge in [0.15, 0.2) is 0 Å². The van der Waals surface area contributed by atoms with Crippen LogP contribution >= 0.6 is 11.6 Å². The molecule has 0 spiro atoms. The standard InChI is InChI=1S/C8H7ClN4/c9-7-3-1-6-5(11-7)2-4-8(12-6)13-10/h1-4H,10H2,(H,12,13). The molecule has 0 unspecified atom stereocenters.